The van der Waals surface area contributed by atoms with Crippen molar-refractivity contribution in [3.05, 3.63) is 60.2 Å². The summed E-state index contributed by atoms with van der Waals surface area (Å²) >= 11 is 0. The summed E-state index contributed by atoms with van der Waals surface area (Å²) in [6.45, 7) is 4.23. The van der Waals surface area contributed by atoms with Crippen LogP contribution in [0.15, 0.2) is 54.6 Å². The van der Waals surface area contributed by atoms with E-state index in [4.69, 9.17) is 14.2 Å². The molecule has 11 heteroatoms. The van der Waals surface area contributed by atoms with Crippen LogP contribution < -0.4 is 5.32 Å². The van der Waals surface area contributed by atoms with Crippen LogP contribution in [0.4, 0.5) is 0 Å². The third kappa shape index (κ3) is 5.73. The summed E-state index contributed by atoms with van der Waals surface area (Å²) in [5.41, 5.74) is -0.748. The third-order valence-electron chi connectivity index (χ3n) is 8.77. The molecule has 7 atom stereocenters. The van der Waals surface area contributed by atoms with Gasteiger partial charge in [-0.25, -0.2) is 0 Å². The monoisotopic (exact) mass is 595 g/mol. The van der Waals surface area contributed by atoms with E-state index in [0.717, 1.165) is 0 Å². The normalized spacial score (nSPS) is 33.6. The molecule has 1 aromatic rings. The summed E-state index contributed by atoms with van der Waals surface area (Å²) in [5.74, 6) is -3.61. The summed E-state index contributed by atoms with van der Waals surface area (Å²) in [4.78, 5) is 58.7. The van der Waals surface area contributed by atoms with Crippen LogP contribution in [0.1, 0.15) is 44.8 Å². The molecule has 1 spiro atoms. The number of esters is 1. The predicted octanol–water partition coefficient (Wildman–Crippen LogP) is 1.52. The quantitative estimate of drug-likeness (QED) is 0.358. The van der Waals surface area contributed by atoms with Gasteiger partial charge in [0.25, 0.3) is 0 Å². The number of aliphatic hydroxyl groups excluding tert-OH is 1. The van der Waals surface area contributed by atoms with E-state index in [0.29, 0.717) is 18.5 Å². The number of nitrogens with zero attached hydrogens (tertiary/aromatic N) is 2. The average Bonchev–Trinajstić information content (AvgIpc) is 3.36. The molecule has 0 aromatic heterocycles. The van der Waals surface area contributed by atoms with Crippen molar-refractivity contribution in [2.24, 2.45) is 11.8 Å². The molecule has 2 saturated heterocycles. The lowest BCUT2D eigenvalue weighted by Gasteiger charge is -2.36. The molecule has 4 heterocycles. The number of amides is 3. The Labute approximate surface area is 251 Å². The van der Waals surface area contributed by atoms with Crippen molar-refractivity contribution in [3.63, 3.8) is 0 Å². The predicted molar refractivity (Wildman–Crippen MR) is 155 cm³/mol. The molecule has 0 unspecified atom stereocenters. The molecule has 11 nitrogen and oxygen atoms in total. The first kappa shape index (κ1) is 30.9. The zero-order chi connectivity index (χ0) is 30.7. The second-order valence-electron chi connectivity index (χ2n) is 11.8. The van der Waals surface area contributed by atoms with Crippen molar-refractivity contribution in [2.75, 3.05) is 33.4 Å². The van der Waals surface area contributed by atoms with Gasteiger partial charge in [0.05, 0.1) is 24.7 Å². The molecule has 0 saturated carbocycles. The van der Waals surface area contributed by atoms with E-state index in [1.165, 1.54) is 12.0 Å². The van der Waals surface area contributed by atoms with Gasteiger partial charge in [0.15, 0.2) is 0 Å². The van der Waals surface area contributed by atoms with E-state index in [9.17, 15) is 24.3 Å². The highest BCUT2D eigenvalue weighted by Gasteiger charge is 2.71. The Morgan fingerprint density at radius 1 is 1.12 bits per heavy atom. The summed E-state index contributed by atoms with van der Waals surface area (Å²) in [5, 5.41) is 12.6. The number of carbonyl (C=O) groups excluding carboxylic acids is 4. The van der Waals surface area contributed by atoms with E-state index in [-0.39, 0.29) is 56.4 Å². The number of carbonyl (C=O) groups is 4. The van der Waals surface area contributed by atoms with E-state index in [1.54, 1.807) is 23.1 Å². The first-order valence-corrected chi connectivity index (χ1v) is 15.0. The number of cyclic esters (lactones) is 1. The van der Waals surface area contributed by atoms with Crippen molar-refractivity contribution >= 4 is 23.7 Å². The standard InChI is InChI=1S/C32H41N3O8/c1-20(2)34-16-9-15-32-26(29(38)35(17-10-18-36)28(32)30(34)39)25-23(43-32)13-7-8-14-24(37)33-22(19-41-3)27(42-31(25)40)21-11-5-4-6-12-21/h4-7,9,11-13,15,20,22-23,25-28,36H,8,10,14,16-19H2,1-3H3,(H,33,37)/b13-7-/t22-,23-,25+,26+,27-,28-,32+/m0/s1. The Balaban J connectivity index is 1.60. The van der Waals surface area contributed by atoms with Gasteiger partial charge in [0.1, 0.15) is 23.7 Å². The molecule has 43 heavy (non-hydrogen) atoms. The SMILES string of the molecule is COC[C@@H]1NC(=O)CC/C=C\[C@@H]2O[C@@]34C=CCN(C(C)C)C(=O)[C@@H]3N(CCCO)C(=O)[C@H]4[C@@H]2C(=O)O[C@H]1c1ccccc1. The number of ether oxygens (including phenoxy) is 3. The summed E-state index contributed by atoms with van der Waals surface area (Å²) < 4.78 is 18.3. The molecule has 4 aliphatic rings. The Morgan fingerprint density at radius 2 is 1.88 bits per heavy atom. The van der Waals surface area contributed by atoms with Gasteiger partial charge in [-0.1, -0.05) is 54.6 Å². The van der Waals surface area contributed by atoms with Gasteiger partial charge >= 0.3 is 5.97 Å². The summed E-state index contributed by atoms with van der Waals surface area (Å²) in [7, 11) is 1.51. The minimum atomic E-state index is -1.41. The van der Waals surface area contributed by atoms with Crippen molar-refractivity contribution in [1.82, 2.24) is 15.1 Å². The lowest BCUT2D eigenvalue weighted by Crippen LogP contribution is -2.56. The number of benzene rings is 1. The molecule has 2 fully saturated rings. The number of nitrogens with one attached hydrogen (secondary N) is 1. The minimum absolute atomic E-state index is 0.0879. The van der Waals surface area contributed by atoms with Crippen LogP contribution in [0.2, 0.25) is 0 Å². The van der Waals surface area contributed by atoms with Gasteiger partial charge in [-0.3, -0.25) is 19.2 Å². The molecule has 4 aliphatic heterocycles. The van der Waals surface area contributed by atoms with Crippen LogP contribution in [-0.2, 0) is 33.4 Å². The lowest BCUT2D eigenvalue weighted by atomic mass is 9.77. The maximum absolute atomic E-state index is 14.3. The number of allylic oxidation sites excluding steroid dienone is 1. The highest BCUT2D eigenvalue weighted by atomic mass is 16.6. The average molecular weight is 596 g/mol. The van der Waals surface area contributed by atoms with Crippen LogP contribution in [0.3, 0.4) is 0 Å². The Kier molecular flexibility index (Phi) is 9.33. The number of fused-ring (bicyclic) bond motifs is 2. The van der Waals surface area contributed by atoms with Crippen molar-refractivity contribution in [1.29, 1.82) is 0 Å². The zero-order valence-electron chi connectivity index (χ0n) is 24.9. The van der Waals surface area contributed by atoms with Crippen LogP contribution in [0.25, 0.3) is 0 Å². The highest BCUT2D eigenvalue weighted by molar-refractivity contribution is 5.99. The molecule has 0 radical (unpaired) electrons. The molecule has 1 aromatic carbocycles. The van der Waals surface area contributed by atoms with Gasteiger partial charge in [0, 0.05) is 39.3 Å². The van der Waals surface area contributed by atoms with Crippen LogP contribution >= 0.6 is 0 Å². The van der Waals surface area contributed by atoms with Crippen LogP contribution in [0, 0.1) is 11.8 Å². The fraction of sp³-hybridized carbons (Fsp3) is 0.562. The first-order chi connectivity index (χ1) is 20.7. The molecular weight excluding hydrogens is 554 g/mol. The summed E-state index contributed by atoms with van der Waals surface area (Å²) in [6.07, 6.45) is 6.17. The zero-order valence-corrected chi connectivity index (χ0v) is 24.9. The Hall–Kier alpha value is -3.54. The van der Waals surface area contributed by atoms with Gasteiger partial charge in [-0.05, 0) is 32.3 Å². The van der Waals surface area contributed by atoms with E-state index in [1.807, 2.05) is 50.3 Å². The Bertz CT molecular complexity index is 1270. The molecule has 2 N–H and O–H groups in total. The molecule has 5 rings (SSSR count). The Morgan fingerprint density at radius 3 is 2.58 bits per heavy atom. The fourth-order valence-electron chi connectivity index (χ4n) is 6.85. The fourth-order valence-corrected chi connectivity index (χ4v) is 6.85. The second kappa shape index (κ2) is 13.0. The van der Waals surface area contributed by atoms with Gasteiger partial charge in [-0.15, -0.1) is 0 Å². The topological polar surface area (TPSA) is 135 Å². The second-order valence-corrected chi connectivity index (χ2v) is 11.8. The maximum atomic E-state index is 14.3. The van der Waals surface area contributed by atoms with Crippen LogP contribution in [0.5, 0.6) is 0 Å². The number of rotatable bonds is 7. The van der Waals surface area contributed by atoms with Gasteiger partial charge in [0.2, 0.25) is 17.7 Å². The van der Waals surface area contributed by atoms with E-state index >= 15 is 0 Å². The number of hydrogen-bond donors (Lipinski definition) is 2. The van der Waals surface area contributed by atoms with Gasteiger partial charge < -0.3 is 34.4 Å². The van der Waals surface area contributed by atoms with Crippen molar-refractivity contribution in [2.45, 2.75) is 69.0 Å². The van der Waals surface area contributed by atoms with Crippen LogP contribution in [-0.4, -0.2) is 102 Å². The molecule has 232 valence electrons. The van der Waals surface area contributed by atoms with Gasteiger partial charge in [-0.2, -0.15) is 0 Å². The number of methoxy groups -OCH3 is 1. The number of hydrogen-bond acceptors (Lipinski definition) is 8. The minimum Gasteiger partial charge on any atom is -0.455 e. The highest BCUT2D eigenvalue weighted by Crippen LogP contribution is 2.53. The molecule has 0 aliphatic carbocycles. The summed E-state index contributed by atoms with van der Waals surface area (Å²) in [6, 6.07) is 7.27. The maximum Gasteiger partial charge on any atom is 0.313 e. The third-order valence-corrected chi connectivity index (χ3v) is 8.77. The molecular formula is C32H41N3O8. The molecule has 3 amide bonds. The lowest BCUT2D eigenvalue weighted by molar-refractivity contribution is -0.162. The van der Waals surface area contributed by atoms with E-state index in [2.05, 4.69) is 5.32 Å². The first-order valence-electron chi connectivity index (χ1n) is 15.0. The van der Waals surface area contributed by atoms with Crippen molar-refractivity contribution in [3.8, 4) is 0 Å². The largest absolute Gasteiger partial charge is 0.455 e. The van der Waals surface area contributed by atoms with Crippen molar-refractivity contribution < 1.29 is 38.5 Å². The number of aliphatic hydroxyl groups is 1. The number of likely N-dealkylation sites (tertiary alicyclic amines) is 1. The molecule has 0 bridgehead atoms. The van der Waals surface area contributed by atoms with E-state index < -0.39 is 47.7 Å². The smallest absolute Gasteiger partial charge is 0.313 e.